The zero-order chi connectivity index (χ0) is 15.2. The smallest absolute Gasteiger partial charge is 0.251 e. The SMILES string of the molecule is COCc1cccc(CNC(=O)c2cc(Br)ccc2C)c1. The number of carbonyl (C=O) groups excluding carboxylic acids is 1. The lowest BCUT2D eigenvalue weighted by Gasteiger charge is -2.09. The predicted octanol–water partition coefficient (Wildman–Crippen LogP) is 3.83. The molecule has 4 heteroatoms. The molecule has 0 aliphatic heterocycles. The third-order valence-corrected chi connectivity index (χ3v) is 3.69. The van der Waals surface area contributed by atoms with Crippen molar-refractivity contribution in [2.24, 2.45) is 0 Å². The fourth-order valence-corrected chi connectivity index (χ4v) is 2.47. The van der Waals surface area contributed by atoms with Crippen LogP contribution < -0.4 is 5.32 Å². The Labute approximate surface area is 133 Å². The van der Waals surface area contributed by atoms with Crippen LogP contribution in [0.15, 0.2) is 46.9 Å². The van der Waals surface area contributed by atoms with E-state index in [1.807, 2.05) is 49.4 Å². The normalized spacial score (nSPS) is 10.4. The Hall–Kier alpha value is -1.65. The minimum Gasteiger partial charge on any atom is -0.380 e. The first-order valence-electron chi connectivity index (χ1n) is 6.71. The van der Waals surface area contributed by atoms with Crippen molar-refractivity contribution < 1.29 is 9.53 Å². The minimum absolute atomic E-state index is 0.0639. The molecule has 1 amide bonds. The number of hydrogen-bond donors (Lipinski definition) is 1. The Bertz CT molecular complexity index is 640. The van der Waals surface area contributed by atoms with Gasteiger partial charge >= 0.3 is 0 Å². The maximum Gasteiger partial charge on any atom is 0.251 e. The van der Waals surface area contributed by atoms with Gasteiger partial charge in [-0.1, -0.05) is 46.3 Å². The number of ether oxygens (including phenoxy) is 1. The number of halogens is 1. The molecule has 3 nitrogen and oxygen atoms in total. The molecule has 2 aromatic rings. The largest absolute Gasteiger partial charge is 0.380 e. The quantitative estimate of drug-likeness (QED) is 0.892. The molecule has 0 aliphatic carbocycles. The average molecular weight is 348 g/mol. The molecule has 0 fully saturated rings. The zero-order valence-electron chi connectivity index (χ0n) is 12.2. The van der Waals surface area contributed by atoms with Gasteiger partial charge in [-0.15, -0.1) is 0 Å². The standard InChI is InChI=1S/C17H18BrNO2/c1-12-6-7-15(18)9-16(12)17(20)19-10-13-4-3-5-14(8-13)11-21-2/h3-9H,10-11H2,1-2H3,(H,19,20). The number of nitrogens with one attached hydrogen (secondary N) is 1. The number of methoxy groups -OCH3 is 1. The van der Waals surface area contributed by atoms with Crippen LogP contribution in [0, 0.1) is 6.92 Å². The van der Waals surface area contributed by atoms with Gasteiger partial charge in [-0.25, -0.2) is 0 Å². The summed E-state index contributed by atoms with van der Waals surface area (Å²) < 4.78 is 6.02. The summed E-state index contributed by atoms with van der Waals surface area (Å²) >= 11 is 3.39. The van der Waals surface area contributed by atoms with Crippen LogP contribution in [-0.2, 0) is 17.9 Å². The van der Waals surface area contributed by atoms with Crippen molar-refractivity contribution in [3.63, 3.8) is 0 Å². The molecule has 0 bridgehead atoms. The molecular formula is C17H18BrNO2. The van der Waals surface area contributed by atoms with E-state index in [2.05, 4.69) is 21.2 Å². The molecule has 0 aliphatic rings. The third kappa shape index (κ3) is 4.41. The van der Waals surface area contributed by atoms with Crippen LogP contribution in [0.2, 0.25) is 0 Å². The van der Waals surface area contributed by atoms with Crippen LogP contribution in [0.3, 0.4) is 0 Å². The molecule has 1 N–H and O–H groups in total. The molecule has 21 heavy (non-hydrogen) atoms. The molecule has 0 heterocycles. The summed E-state index contributed by atoms with van der Waals surface area (Å²) in [5, 5.41) is 2.95. The molecule has 0 radical (unpaired) electrons. The molecule has 2 aromatic carbocycles. The second-order valence-corrected chi connectivity index (χ2v) is 5.81. The van der Waals surface area contributed by atoms with E-state index in [0.29, 0.717) is 18.7 Å². The second-order valence-electron chi connectivity index (χ2n) is 4.89. The van der Waals surface area contributed by atoms with E-state index < -0.39 is 0 Å². The first kappa shape index (κ1) is 15.7. The van der Waals surface area contributed by atoms with Crippen molar-refractivity contribution in [2.45, 2.75) is 20.1 Å². The Kier molecular flexibility index (Phi) is 5.53. The summed E-state index contributed by atoms with van der Waals surface area (Å²) in [6.07, 6.45) is 0. The minimum atomic E-state index is -0.0639. The Morgan fingerprint density at radius 1 is 1.19 bits per heavy atom. The van der Waals surface area contributed by atoms with Crippen molar-refractivity contribution in [3.8, 4) is 0 Å². The topological polar surface area (TPSA) is 38.3 Å². The van der Waals surface area contributed by atoms with Gasteiger partial charge in [0, 0.05) is 23.7 Å². The van der Waals surface area contributed by atoms with Gasteiger partial charge in [0.15, 0.2) is 0 Å². The van der Waals surface area contributed by atoms with E-state index in [-0.39, 0.29) is 5.91 Å². The number of carbonyl (C=O) groups is 1. The van der Waals surface area contributed by atoms with Crippen molar-refractivity contribution in [2.75, 3.05) is 7.11 Å². The summed E-state index contributed by atoms with van der Waals surface area (Å²) in [5.74, 6) is -0.0639. The Morgan fingerprint density at radius 2 is 1.95 bits per heavy atom. The molecule has 0 unspecified atom stereocenters. The lowest BCUT2D eigenvalue weighted by atomic mass is 10.1. The van der Waals surface area contributed by atoms with Gasteiger partial charge in [0.1, 0.15) is 0 Å². The first-order valence-corrected chi connectivity index (χ1v) is 7.50. The molecule has 0 atom stereocenters. The lowest BCUT2D eigenvalue weighted by molar-refractivity contribution is 0.0950. The number of aryl methyl sites for hydroxylation is 1. The molecular weight excluding hydrogens is 330 g/mol. The fourth-order valence-electron chi connectivity index (χ4n) is 2.11. The summed E-state index contributed by atoms with van der Waals surface area (Å²) in [4.78, 5) is 12.2. The highest BCUT2D eigenvalue weighted by molar-refractivity contribution is 9.10. The van der Waals surface area contributed by atoms with E-state index in [0.717, 1.165) is 21.2 Å². The van der Waals surface area contributed by atoms with Crippen molar-refractivity contribution in [3.05, 3.63) is 69.2 Å². The van der Waals surface area contributed by atoms with Gasteiger partial charge in [0.25, 0.3) is 5.91 Å². The van der Waals surface area contributed by atoms with Crippen LogP contribution in [0.4, 0.5) is 0 Å². The number of benzene rings is 2. The summed E-state index contributed by atoms with van der Waals surface area (Å²) in [6, 6.07) is 13.7. The molecule has 0 saturated carbocycles. The van der Waals surface area contributed by atoms with Gasteiger partial charge in [-0.05, 0) is 35.7 Å². The van der Waals surface area contributed by atoms with Crippen LogP contribution in [0.1, 0.15) is 27.0 Å². The Morgan fingerprint density at radius 3 is 2.71 bits per heavy atom. The molecule has 0 spiro atoms. The predicted molar refractivity (Wildman–Crippen MR) is 87.2 cm³/mol. The molecule has 2 rings (SSSR count). The van der Waals surface area contributed by atoms with E-state index in [1.54, 1.807) is 7.11 Å². The van der Waals surface area contributed by atoms with Gasteiger partial charge < -0.3 is 10.1 Å². The van der Waals surface area contributed by atoms with Crippen LogP contribution >= 0.6 is 15.9 Å². The van der Waals surface area contributed by atoms with Gasteiger partial charge in [0.2, 0.25) is 0 Å². The Balaban J connectivity index is 2.04. The maximum atomic E-state index is 12.2. The first-order chi connectivity index (χ1) is 10.1. The number of hydrogen-bond acceptors (Lipinski definition) is 2. The monoisotopic (exact) mass is 347 g/mol. The van der Waals surface area contributed by atoms with Gasteiger partial charge in [0.05, 0.1) is 6.61 Å². The second kappa shape index (κ2) is 7.38. The average Bonchev–Trinajstić information content (AvgIpc) is 2.48. The van der Waals surface area contributed by atoms with E-state index in [1.165, 1.54) is 0 Å². The highest BCUT2D eigenvalue weighted by atomic mass is 79.9. The highest BCUT2D eigenvalue weighted by Gasteiger charge is 2.09. The van der Waals surface area contributed by atoms with E-state index in [4.69, 9.17) is 4.74 Å². The summed E-state index contributed by atoms with van der Waals surface area (Å²) in [5.41, 5.74) is 3.81. The van der Waals surface area contributed by atoms with Crippen molar-refractivity contribution >= 4 is 21.8 Å². The molecule has 0 saturated heterocycles. The summed E-state index contributed by atoms with van der Waals surface area (Å²) in [6.45, 7) is 3.01. The van der Waals surface area contributed by atoms with E-state index in [9.17, 15) is 4.79 Å². The van der Waals surface area contributed by atoms with Crippen molar-refractivity contribution in [1.29, 1.82) is 0 Å². The molecule has 0 aromatic heterocycles. The fraction of sp³-hybridized carbons (Fsp3) is 0.235. The van der Waals surface area contributed by atoms with E-state index >= 15 is 0 Å². The molecule has 110 valence electrons. The van der Waals surface area contributed by atoms with Gasteiger partial charge in [-0.3, -0.25) is 4.79 Å². The maximum absolute atomic E-state index is 12.2. The summed E-state index contributed by atoms with van der Waals surface area (Å²) in [7, 11) is 1.67. The van der Waals surface area contributed by atoms with Crippen molar-refractivity contribution in [1.82, 2.24) is 5.32 Å². The number of rotatable bonds is 5. The van der Waals surface area contributed by atoms with Crippen LogP contribution in [0.25, 0.3) is 0 Å². The number of amides is 1. The lowest BCUT2D eigenvalue weighted by Crippen LogP contribution is -2.23. The van der Waals surface area contributed by atoms with Crippen LogP contribution in [-0.4, -0.2) is 13.0 Å². The van der Waals surface area contributed by atoms with Crippen LogP contribution in [0.5, 0.6) is 0 Å². The highest BCUT2D eigenvalue weighted by Crippen LogP contribution is 2.16. The third-order valence-electron chi connectivity index (χ3n) is 3.20. The zero-order valence-corrected chi connectivity index (χ0v) is 13.7. The van der Waals surface area contributed by atoms with Gasteiger partial charge in [-0.2, -0.15) is 0 Å².